The molecule has 0 aliphatic carbocycles. The highest BCUT2D eigenvalue weighted by atomic mass is 127. The Morgan fingerprint density at radius 1 is 1.19 bits per heavy atom. The van der Waals surface area contributed by atoms with Gasteiger partial charge in [0.05, 0.1) is 25.9 Å². The number of nitrogens with one attached hydrogen (secondary N) is 2. The Labute approximate surface area is 177 Å². The average Bonchev–Trinajstić information content (AvgIpc) is 3.11. The molecule has 0 fully saturated rings. The number of hydrogen-bond donors (Lipinski definition) is 2. The van der Waals surface area contributed by atoms with E-state index in [1.165, 1.54) is 0 Å². The van der Waals surface area contributed by atoms with Crippen LogP contribution in [0.4, 0.5) is 0 Å². The second-order valence-electron chi connectivity index (χ2n) is 6.29. The minimum atomic E-state index is -0.0431. The molecule has 27 heavy (non-hydrogen) atoms. The molecule has 0 saturated heterocycles. The first-order chi connectivity index (χ1) is 12.5. The minimum Gasteiger partial charge on any atom is -0.497 e. The molecule has 0 aliphatic rings. The van der Waals surface area contributed by atoms with Gasteiger partial charge in [0, 0.05) is 19.2 Å². The van der Waals surface area contributed by atoms with Crippen molar-refractivity contribution in [2.75, 3.05) is 20.7 Å². The van der Waals surface area contributed by atoms with Crippen LogP contribution < -0.4 is 20.1 Å². The van der Waals surface area contributed by atoms with Gasteiger partial charge in [-0.05, 0) is 25.0 Å². The maximum Gasteiger partial charge on any atom is 0.191 e. The molecule has 2 rings (SSSR count). The van der Waals surface area contributed by atoms with Gasteiger partial charge >= 0.3 is 0 Å². The molecule has 1 aromatic carbocycles. The van der Waals surface area contributed by atoms with Crippen LogP contribution in [-0.4, -0.2) is 37.9 Å². The van der Waals surface area contributed by atoms with Gasteiger partial charge in [-0.2, -0.15) is 0 Å². The fourth-order valence-electron chi connectivity index (χ4n) is 2.26. The summed E-state index contributed by atoms with van der Waals surface area (Å²) in [5.41, 5.74) is 0.949. The summed E-state index contributed by atoms with van der Waals surface area (Å²) in [6.07, 6.45) is -0.0431. The molecule has 0 aliphatic heterocycles. The molecule has 0 saturated carbocycles. The molecule has 0 spiro atoms. The lowest BCUT2D eigenvalue weighted by Crippen LogP contribution is -2.41. The number of halogens is 1. The quantitative estimate of drug-likeness (QED) is 0.336. The van der Waals surface area contributed by atoms with E-state index in [0.29, 0.717) is 25.0 Å². The van der Waals surface area contributed by atoms with Gasteiger partial charge in [0.25, 0.3) is 0 Å². The minimum absolute atomic E-state index is 0. The Morgan fingerprint density at radius 3 is 2.56 bits per heavy atom. The van der Waals surface area contributed by atoms with E-state index >= 15 is 0 Å². The van der Waals surface area contributed by atoms with Crippen LogP contribution in [0.25, 0.3) is 0 Å². The van der Waals surface area contributed by atoms with Crippen molar-refractivity contribution in [1.29, 1.82) is 0 Å². The summed E-state index contributed by atoms with van der Waals surface area (Å²) in [6, 6.07) is 9.51. The Bertz CT molecular complexity index is 718. The number of hydrogen-bond acceptors (Lipinski definition) is 5. The predicted molar refractivity (Wildman–Crippen MR) is 117 cm³/mol. The number of ether oxygens (including phenoxy) is 2. The lowest BCUT2D eigenvalue weighted by Gasteiger charge is -2.17. The van der Waals surface area contributed by atoms with Crippen molar-refractivity contribution in [1.82, 2.24) is 15.8 Å². The molecule has 1 heterocycles. The summed E-state index contributed by atoms with van der Waals surface area (Å²) in [5, 5.41) is 10.5. The third-order valence-corrected chi connectivity index (χ3v) is 3.76. The largest absolute Gasteiger partial charge is 0.497 e. The molecule has 2 N–H and O–H groups in total. The second-order valence-corrected chi connectivity index (χ2v) is 6.29. The Morgan fingerprint density at radius 2 is 1.93 bits per heavy atom. The zero-order chi connectivity index (χ0) is 18.9. The number of aliphatic imine (C=N–C) groups is 1. The first kappa shape index (κ1) is 23.1. The van der Waals surface area contributed by atoms with Crippen molar-refractivity contribution in [2.45, 2.75) is 39.3 Å². The van der Waals surface area contributed by atoms with E-state index in [2.05, 4.69) is 34.6 Å². The Balaban J connectivity index is 0.00000364. The maximum atomic E-state index is 5.89. The zero-order valence-corrected chi connectivity index (χ0v) is 18.8. The van der Waals surface area contributed by atoms with E-state index in [1.807, 2.05) is 37.3 Å². The van der Waals surface area contributed by atoms with E-state index < -0.39 is 0 Å². The monoisotopic (exact) mass is 488 g/mol. The van der Waals surface area contributed by atoms with Gasteiger partial charge in [-0.3, -0.25) is 4.99 Å². The molecule has 2 aromatic rings. The van der Waals surface area contributed by atoms with Gasteiger partial charge in [0.2, 0.25) is 0 Å². The van der Waals surface area contributed by atoms with E-state index in [0.717, 1.165) is 23.0 Å². The van der Waals surface area contributed by atoms with Crippen molar-refractivity contribution in [3.63, 3.8) is 0 Å². The highest BCUT2D eigenvalue weighted by Gasteiger charge is 2.09. The molecule has 1 aromatic heterocycles. The zero-order valence-electron chi connectivity index (χ0n) is 16.5. The van der Waals surface area contributed by atoms with Gasteiger partial charge in [-0.1, -0.05) is 25.1 Å². The number of benzene rings is 1. The molecular weight excluding hydrogens is 459 g/mol. The average molecular weight is 488 g/mol. The molecule has 150 valence electrons. The molecule has 1 atom stereocenters. The third-order valence-electron chi connectivity index (χ3n) is 3.76. The van der Waals surface area contributed by atoms with Crippen molar-refractivity contribution >= 4 is 29.9 Å². The molecule has 7 nitrogen and oxygen atoms in total. The molecule has 0 radical (unpaired) electrons. The summed E-state index contributed by atoms with van der Waals surface area (Å²) in [4.78, 5) is 4.21. The van der Waals surface area contributed by atoms with Crippen LogP contribution in [0.5, 0.6) is 11.5 Å². The smallest absolute Gasteiger partial charge is 0.191 e. The molecule has 1 unspecified atom stereocenters. The summed E-state index contributed by atoms with van der Waals surface area (Å²) < 4.78 is 16.4. The molecular formula is C19H29IN4O3. The first-order valence-corrected chi connectivity index (χ1v) is 8.72. The summed E-state index contributed by atoms with van der Waals surface area (Å²) in [5.74, 6) is 3.34. The van der Waals surface area contributed by atoms with Crippen LogP contribution in [0, 0.1) is 0 Å². The van der Waals surface area contributed by atoms with Crippen molar-refractivity contribution in [3.8, 4) is 11.5 Å². The van der Waals surface area contributed by atoms with Gasteiger partial charge in [0.15, 0.2) is 11.7 Å². The number of rotatable bonds is 8. The molecule has 0 amide bonds. The fraction of sp³-hybridized carbons (Fsp3) is 0.474. The van der Waals surface area contributed by atoms with Crippen LogP contribution in [0.15, 0.2) is 39.8 Å². The van der Waals surface area contributed by atoms with Crippen LogP contribution in [0.1, 0.15) is 38.1 Å². The van der Waals surface area contributed by atoms with Crippen molar-refractivity contribution in [2.24, 2.45) is 4.99 Å². The summed E-state index contributed by atoms with van der Waals surface area (Å²) in [7, 11) is 3.36. The standard InChI is InChI=1S/C19H28N4O3.HI/c1-13(2)18-10-17(26-23-18)12-22-19(20-4)21-11-14(3)25-16-8-6-7-15(9-16)24-5;/h6-10,13-14H,11-12H2,1-5H3,(H2,20,21,22);1H. The Kier molecular flexibility index (Phi) is 9.98. The van der Waals surface area contributed by atoms with Gasteiger partial charge in [0.1, 0.15) is 17.6 Å². The maximum absolute atomic E-state index is 5.89. The van der Waals surface area contributed by atoms with Crippen molar-refractivity contribution < 1.29 is 14.0 Å². The highest BCUT2D eigenvalue weighted by molar-refractivity contribution is 14.0. The normalized spacial score (nSPS) is 12.3. The highest BCUT2D eigenvalue weighted by Crippen LogP contribution is 2.19. The van der Waals surface area contributed by atoms with Crippen LogP contribution in [0.3, 0.4) is 0 Å². The third kappa shape index (κ3) is 7.66. The van der Waals surface area contributed by atoms with Crippen molar-refractivity contribution in [3.05, 3.63) is 41.8 Å². The van der Waals surface area contributed by atoms with Crippen LogP contribution in [-0.2, 0) is 6.54 Å². The molecule has 0 bridgehead atoms. The lowest BCUT2D eigenvalue weighted by atomic mass is 10.1. The van der Waals surface area contributed by atoms with Gasteiger partial charge < -0.3 is 24.6 Å². The first-order valence-electron chi connectivity index (χ1n) is 8.72. The second kappa shape index (κ2) is 11.7. The number of nitrogens with zero attached hydrogens (tertiary/aromatic N) is 2. The topological polar surface area (TPSA) is 80.9 Å². The van der Waals surface area contributed by atoms with E-state index in [-0.39, 0.29) is 30.1 Å². The van der Waals surface area contributed by atoms with E-state index in [9.17, 15) is 0 Å². The molecule has 8 heteroatoms. The number of aromatic nitrogens is 1. The Hall–Kier alpha value is -1.97. The summed E-state index contributed by atoms with van der Waals surface area (Å²) in [6.45, 7) is 7.28. The lowest BCUT2D eigenvalue weighted by molar-refractivity contribution is 0.223. The summed E-state index contributed by atoms with van der Waals surface area (Å²) >= 11 is 0. The van der Waals surface area contributed by atoms with Crippen LogP contribution in [0.2, 0.25) is 0 Å². The van der Waals surface area contributed by atoms with E-state index in [1.54, 1.807) is 14.2 Å². The SMILES string of the molecule is CN=C(NCc1cc(C(C)C)no1)NCC(C)Oc1cccc(OC)c1.I. The predicted octanol–water partition coefficient (Wildman–Crippen LogP) is 3.56. The fourth-order valence-corrected chi connectivity index (χ4v) is 2.26. The van der Waals surface area contributed by atoms with Gasteiger partial charge in [-0.15, -0.1) is 24.0 Å². The number of guanidine groups is 1. The van der Waals surface area contributed by atoms with Gasteiger partial charge in [-0.25, -0.2) is 0 Å². The number of methoxy groups -OCH3 is 1. The van der Waals surface area contributed by atoms with E-state index in [4.69, 9.17) is 14.0 Å². The van der Waals surface area contributed by atoms with Crippen LogP contribution >= 0.6 is 24.0 Å².